The Morgan fingerprint density at radius 3 is 3.36 bits per heavy atom. The summed E-state index contributed by atoms with van der Waals surface area (Å²) in [4.78, 5) is 8.14. The minimum absolute atomic E-state index is 0.363. The van der Waals surface area contributed by atoms with Crippen LogP contribution >= 0.6 is 0 Å². The lowest BCUT2D eigenvalue weighted by atomic mass is 10.1. The van der Waals surface area contributed by atoms with Crippen molar-refractivity contribution in [1.29, 1.82) is 0 Å². The number of hydrogen-bond donors (Lipinski definition) is 1. The Bertz CT molecular complexity index is 194. The first kappa shape index (κ1) is 7.98. The predicted octanol–water partition coefficient (Wildman–Crippen LogP) is 1.33. The molecule has 0 bridgehead atoms. The second-order valence-electron chi connectivity index (χ2n) is 2.50. The van der Waals surface area contributed by atoms with Gasteiger partial charge in [-0.25, -0.2) is 0 Å². The van der Waals surface area contributed by atoms with Gasteiger partial charge >= 0.3 is 0 Å². The van der Waals surface area contributed by atoms with Gasteiger partial charge in [0.2, 0.25) is 0 Å². The third-order valence-corrected chi connectivity index (χ3v) is 1.73. The van der Waals surface area contributed by atoms with Crippen molar-refractivity contribution < 1.29 is 0 Å². The smallest absolute Gasteiger partial charge is 0.0867 e. The van der Waals surface area contributed by atoms with E-state index in [1.807, 2.05) is 6.20 Å². The fourth-order valence-electron chi connectivity index (χ4n) is 0.995. The summed E-state index contributed by atoms with van der Waals surface area (Å²) in [5.41, 5.74) is 0.981. The maximum Gasteiger partial charge on any atom is 0.0867 e. The lowest BCUT2D eigenvalue weighted by molar-refractivity contribution is 0.648. The summed E-state index contributed by atoms with van der Waals surface area (Å²) < 4.78 is 0. The summed E-state index contributed by atoms with van der Waals surface area (Å²) in [6, 6.07) is 0.363. The standard InChI is InChI=1S/C8H13N3/c1-3-7-4-8(9-2)5-10-6-11-7/h5-7H,2-4H2,1H3,(H,10,11). The van der Waals surface area contributed by atoms with E-state index in [-0.39, 0.29) is 0 Å². The topological polar surface area (TPSA) is 36.8 Å². The second-order valence-corrected chi connectivity index (χ2v) is 2.50. The van der Waals surface area contributed by atoms with E-state index in [1.165, 1.54) is 0 Å². The highest BCUT2D eigenvalue weighted by Gasteiger charge is 2.07. The highest BCUT2D eigenvalue weighted by Crippen LogP contribution is 2.12. The Labute approximate surface area is 66.9 Å². The zero-order valence-corrected chi connectivity index (χ0v) is 6.75. The molecule has 0 spiro atoms. The molecule has 1 N–H and O–H groups in total. The highest BCUT2D eigenvalue weighted by molar-refractivity contribution is 5.57. The van der Waals surface area contributed by atoms with Crippen molar-refractivity contribution in [2.24, 2.45) is 9.98 Å². The van der Waals surface area contributed by atoms with E-state index in [0.29, 0.717) is 6.04 Å². The van der Waals surface area contributed by atoms with E-state index < -0.39 is 0 Å². The van der Waals surface area contributed by atoms with Gasteiger partial charge in [0.15, 0.2) is 0 Å². The van der Waals surface area contributed by atoms with Crippen LogP contribution in [0.3, 0.4) is 0 Å². The van der Waals surface area contributed by atoms with Gasteiger partial charge in [-0.15, -0.1) is 0 Å². The Morgan fingerprint density at radius 1 is 1.91 bits per heavy atom. The first-order valence-electron chi connectivity index (χ1n) is 3.80. The van der Waals surface area contributed by atoms with Crippen LogP contribution in [0.2, 0.25) is 0 Å². The van der Waals surface area contributed by atoms with Crippen molar-refractivity contribution in [3.05, 3.63) is 11.9 Å². The van der Waals surface area contributed by atoms with E-state index in [9.17, 15) is 0 Å². The van der Waals surface area contributed by atoms with Crippen molar-refractivity contribution in [2.75, 3.05) is 0 Å². The molecule has 1 unspecified atom stereocenters. The van der Waals surface area contributed by atoms with Gasteiger partial charge in [-0.05, 0) is 13.1 Å². The molecule has 0 fully saturated rings. The number of nitrogens with one attached hydrogen (secondary N) is 1. The molecule has 0 aromatic carbocycles. The Hall–Kier alpha value is -1.12. The molecule has 1 aliphatic heterocycles. The van der Waals surface area contributed by atoms with Gasteiger partial charge in [0.25, 0.3) is 0 Å². The molecule has 1 aliphatic rings. The van der Waals surface area contributed by atoms with Gasteiger partial charge in [-0.1, -0.05) is 6.92 Å². The zero-order valence-electron chi connectivity index (χ0n) is 6.75. The van der Waals surface area contributed by atoms with E-state index in [1.54, 1.807) is 6.34 Å². The van der Waals surface area contributed by atoms with Crippen LogP contribution in [0.25, 0.3) is 0 Å². The molecule has 60 valence electrons. The molecule has 0 saturated heterocycles. The van der Waals surface area contributed by atoms with E-state index in [4.69, 9.17) is 0 Å². The van der Waals surface area contributed by atoms with Crippen LogP contribution in [-0.2, 0) is 0 Å². The van der Waals surface area contributed by atoms with Gasteiger partial charge < -0.3 is 5.32 Å². The number of hydrogen-bond acceptors (Lipinski definition) is 3. The largest absolute Gasteiger partial charge is 0.351 e. The quantitative estimate of drug-likeness (QED) is 0.594. The van der Waals surface area contributed by atoms with E-state index >= 15 is 0 Å². The monoisotopic (exact) mass is 151 g/mol. The summed E-state index contributed by atoms with van der Waals surface area (Å²) in [7, 11) is 0. The van der Waals surface area contributed by atoms with Gasteiger partial charge in [0.1, 0.15) is 0 Å². The van der Waals surface area contributed by atoms with Crippen molar-refractivity contribution in [2.45, 2.75) is 25.8 Å². The third kappa shape index (κ3) is 2.18. The summed E-state index contributed by atoms with van der Waals surface area (Å²) in [6.45, 7) is 5.60. The molecule has 11 heavy (non-hydrogen) atoms. The van der Waals surface area contributed by atoms with E-state index in [0.717, 1.165) is 18.5 Å². The minimum atomic E-state index is 0.363. The number of rotatable bonds is 2. The van der Waals surface area contributed by atoms with Crippen LogP contribution in [0.4, 0.5) is 0 Å². The Balaban J connectivity index is 2.61. The lowest BCUT2D eigenvalue weighted by Crippen LogP contribution is -2.02. The molecule has 0 amide bonds. The van der Waals surface area contributed by atoms with E-state index in [2.05, 4.69) is 28.9 Å². The molecule has 3 nitrogen and oxygen atoms in total. The summed E-state index contributed by atoms with van der Waals surface area (Å²) in [5.74, 6) is 0. The van der Waals surface area contributed by atoms with Gasteiger partial charge in [-0.3, -0.25) is 9.98 Å². The molecular weight excluding hydrogens is 138 g/mol. The van der Waals surface area contributed by atoms with Crippen LogP contribution in [0, 0.1) is 0 Å². The first-order chi connectivity index (χ1) is 5.36. The molecule has 1 atom stereocenters. The molecule has 0 aromatic rings. The summed E-state index contributed by atoms with van der Waals surface area (Å²) >= 11 is 0. The van der Waals surface area contributed by atoms with Crippen molar-refractivity contribution >= 4 is 13.1 Å². The van der Waals surface area contributed by atoms with Crippen LogP contribution in [0.5, 0.6) is 0 Å². The maximum absolute atomic E-state index is 4.26. The summed E-state index contributed by atoms with van der Waals surface area (Å²) in [6.07, 6.45) is 5.49. The van der Waals surface area contributed by atoms with Crippen LogP contribution in [-0.4, -0.2) is 19.1 Å². The van der Waals surface area contributed by atoms with Gasteiger partial charge in [0.05, 0.1) is 18.1 Å². The third-order valence-electron chi connectivity index (χ3n) is 1.73. The van der Waals surface area contributed by atoms with Gasteiger partial charge in [0, 0.05) is 12.6 Å². The molecule has 1 heterocycles. The Morgan fingerprint density at radius 2 is 2.73 bits per heavy atom. The lowest BCUT2D eigenvalue weighted by Gasteiger charge is -2.05. The maximum atomic E-state index is 4.26. The second kappa shape index (κ2) is 3.91. The average molecular weight is 151 g/mol. The van der Waals surface area contributed by atoms with Crippen LogP contribution < -0.4 is 5.32 Å². The fourth-order valence-corrected chi connectivity index (χ4v) is 0.995. The number of nitrogens with zero attached hydrogens (tertiary/aromatic N) is 2. The SMILES string of the molecule is C=NC1=CNC=NC(CC)C1. The highest BCUT2D eigenvalue weighted by atomic mass is 15.0. The normalized spacial score (nSPS) is 23.4. The molecule has 0 radical (unpaired) electrons. The fraction of sp³-hybridized carbons (Fsp3) is 0.500. The zero-order chi connectivity index (χ0) is 8.10. The van der Waals surface area contributed by atoms with Crippen LogP contribution in [0.15, 0.2) is 21.9 Å². The molecule has 1 rings (SSSR count). The molecule has 0 aromatic heterocycles. The number of aliphatic imine (C=N–C) groups is 2. The van der Waals surface area contributed by atoms with Crippen molar-refractivity contribution in [1.82, 2.24) is 5.32 Å². The summed E-state index contributed by atoms with van der Waals surface area (Å²) in [5, 5.41) is 2.93. The average Bonchev–Trinajstić information content (AvgIpc) is 2.28. The minimum Gasteiger partial charge on any atom is -0.351 e. The molecule has 0 saturated carbocycles. The molecule has 3 heteroatoms. The molecular formula is C8H13N3. The predicted molar refractivity (Wildman–Crippen MR) is 48.0 cm³/mol. The van der Waals surface area contributed by atoms with Crippen LogP contribution in [0.1, 0.15) is 19.8 Å². The van der Waals surface area contributed by atoms with Gasteiger partial charge in [-0.2, -0.15) is 0 Å². The van der Waals surface area contributed by atoms with Crippen molar-refractivity contribution in [3.63, 3.8) is 0 Å². The Kier molecular flexibility index (Phi) is 2.83. The first-order valence-corrected chi connectivity index (χ1v) is 3.80. The van der Waals surface area contributed by atoms with Crippen molar-refractivity contribution in [3.8, 4) is 0 Å². The molecule has 0 aliphatic carbocycles.